The lowest BCUT2D eigenvalue weighted by Gasteiger charge is -2.13. The molecule has 0 aliphatic carbocycles. The Labute approximate surface area is 105 Å². The fraction of sp³-hybridized carbons (Fsp3) is 0.231. The van der Waals surface area contributed by atoms with Gasteiger partial charge in [-0.25, -0.2) is 4.79 Å². The minimum atomic E-state index is -0.248. The molecule has 2 N–H and O–H groups in total. The summed E-state index contributed by atoms with van der Waals surface area (Å²) >= 11 is 0. The summed E-state index contributed by atoms with van der Waals surface area (Å²) in [5.74, 6) is 0.851. The number of carbonyl (C=O) groups is 1. The highest BCUT2D eigenvalue weighted by Gasteiger charge is 2.09. The standard InChI is InChI=1S/C13H15N3O2/c1-10(8-12-5-3-7-18-12)15-13(17)16-11-4-2-6-14-9-11/h2-7,9-10H,8H2,1H3,(H2,15,16,17)/t10-/m1/s1. The van der Waals surface area contributed by atoms with Gasteiger partial charge < -0.3 is 15.1 Å². The van der Waals surface area contributed by atoms with Crippen LogP contribution in [0.1, 0.15) is 12.7 Å². The maximum absolute atomic E-state index is 11.7. The fourth-order valence-electron chi connectivity index (χ4n) is 1.61. The van der Waals surface area contributed by atoms with E-state index in [4.69, 9.17) is 4.42 Å². The molecule has 18 heavy (non-hydrogen) atoms. The predicted molar refractivity (Wildman–Crippen MR) is 68.3 cm³/mol. The van der Waals surface area contributed by atoms with Crippen molar-refractivity contribution in [1.29, 1.82) is 0 Å². The number of nitrogens with one attached hydrogen (secondary N) is 2. The molecule has 0 radical (unpaired) electrons. The molecule has 5 heteroatoms. The van der Waals surface area contributed by atoms with Gasteiger partial charge in [-0.15, -0.1) is 0 Å². The van der Waals surface area contributed by atoms with Crippen LogP contribution < -0.4 is 10.6 Å². The van der Waals surface area contributed by atoms with E-state index in [2.05, 4.69) is 15.6 Å². The molecule has 0 saturated heterocycles. The van der Waals surface area contributed by atoms with Crippen molar-refractivity contribution in [3.63, 3.8) is 0 Å². The van der Waals surface area contributed by atoms with E-state index in [-0.39, 0.29) is 12.1 Å². The van der Waals surface area contributed by atoms with Crippen LogP contribution in [-0.2, 0) is 6.42 Å². The summed E-state index contributed by atoms with van der Waals surface area (Å²) in [7, 11) is 0. The van der Waals surface area contributed by atoms with E-state index < -0.39 is 0 Å². The van der Waals surface area contributed by atoms with Crippen LogP contribution in [0.4, 0.5) is 10.5 Å². The molecule has 0 aliphatic heterocycles. The molecule has 0 fully saturated rings. The van der Waals surface area contributed by atoms with Crippen LogP contribution in [0.5, 0.6) is 0 Å². The number of hydrogen-bond donors (Lipinski definition) is 2. The number of urea groups is 1. The molecule has 2 aromatic heterocycles. The molecule has 2 amide bonds. The quantitative estimate of drug-likeness (QED) is 0.869. The van der Waals surface area contributed by atoms with E-state index in [0.717, 1.165) is 5.76 Å². The van der Waals surface area contributed by atoms with Gasteiger partial charge in [-0.05, 0) is 31.2 Å². The molecule has 0 bridgehead atoms. The van der Waals surface area contributed by atoms with Crippen LogP contribution in [0.3, 0.4) is 0 Å². The second kappa shape index (κ2) is 5.86. The van der Waals surface area contributed by atoms with Crippen molar-refractivity contribution in [3.05, 3.63) is 48.7 Å². The smallest absolute Gasteiger partial charge is 0.319 e. The van der Waals surface area contributed by atoms with Crippen molar-refractivity contribution >= 4 is 11.7 Å². The number of pyridine rings is 1. The average Bonchev–Trinajstić information content (AvgIpc) is 2.82. The Bertz CT molecular complexity index is 482. The summed E-state index contributed by atoms with van der Waals surface area (Å²) < 4.78 is 5.22. The van der Waals surface area contributed by atoms with Crippen LogP contribution in [0.15, 0.2) is 47.3 Å². The zero-order chi connectivity index (χ0) is 12.8. The Hall–Kier alpha value is -2.30. The fourth-order valence-corrected chi connectivity index (χ4v) is 1.61. The van der Waals surface area contributed by atoms with Gasteiger partial charge in [0.1, 0.15) is 5.76 Å². The predicted octanol–water partition coefficient (Wildman–Crippen LogP) is 2.43. The molecule has 2 aromatic rings. The van der Waals surface area contributed by atoms with Crippen LogP contribution in [0.2, 0.25) is 0 Å². The number of hydrogen-bond acceptors (Lipinski definition) is 3. The van der Waals surface area contributed by atoms with Gasteiger partial charge in [0.05, 0.1) is 18.1 Å². The van der Waals surface area contributed by atoms with Gasteiger partial charge in [-0.3, -0.25) is 4.98 Å². The summed E-state index contributed by atoms with van der Waals surface area (Å²) in [6, 6.07) is 7.01. The average molecular weight is 245 g/mol. The Balaban J connectivity index is 1.80. The van der Waals surface area contributed by atoms with Gasteiger partial charge in [0.15, 0.2) is 0 Å². The first-order valence-corrected chi connectivity index (χ1v) is 5.74. The Morgan fingerprint density at radius 3 is 3.00 bits per heavy atom. The zero-order valence-corrected chi connectivity index (χ0v) is 10.1. The van der Waals surface area contributed by atoms with E-state index in [1.54, 1.807) is 30.8 Å². The third-order valence-corrected chi connectivity index (χ3v) is 2.38. The Kier molecular flexibility index (Phi) is 3.96. The highest BCUT2D eigenvalue weighted by molar-refractivity contribution is 5.89. The third kappa shape index (κ3) is 3.62. The lowest BCUT2D eigenvalue weighted by molar-refractivity contribution is 0.248. The van der Waals surface area contributed by atoms with Gasteiger partial charge >= 0.3 is 6.03 Å². The second-order valence-electron chi connectivity index (χ2n) is 4.02. The van der Waals surface area contributed by atoms with Crippen molar-refractivity contribution in [2.45, 2.75) is 19.4 Å². The van der Waals surface area contributed by atoms with Gasteiger partial charge in [0, 0.05) is 18.7 Å². The number of nitrogens with zero attached hydrogens (tertiary/aromatic N) is 1. The van der Waals surface area contributed by atoms with Crippen LogP contribution in [0.25, 0.3) is 0 Å². The number of rotatable bonds is 4. The second-order valence-corrected chi connectivity index (χ2v) is 4.02. The van der Waals surface area contributed by atoms with E-state index in [1.165, 1.54) is 0 Å². The van der Waals surface area contributed by atoms with Crippen LogP contribution in [0, 0.1) is 0 Å². The molecule has 2 heterocycles. The number of anilines is 1. The van der Waals surface area contributed by atoms with Crippen LogP contribution >= 0.6 is 0 Å². The van der Waals surface area contributed by atoms with Gasteiger partial charge in [-0.2, -0.15) is 0 Å². The maximum Gasteiger partial charge on any atom is 0.319 e. The number of carbonyl (C=O) groups excluding carboxylic acids is 1. The molecule has 94 valence electrons. The first kappa shape index (κ1) is 12.2. The Morgan fingerprint density at radius 1 is 1.44 bits per heavy atom. The highest BCUT2D eigenvalue weighted by Crippen LogP contribution is 2.05. The summed E-state index contributed by atoms with van der Waals surface area (Å²) in [4.78, 5) is 15.6. The zero-order valence-electron chi connectivity index (χ0n) is 10.1. The topological polar surface area (TPSA) is 67.2 Å². The Morgan fingerprint density at radius 2 is 2.33 bits per heavy atom. The largest absolute Gasteiger partial charge is 0.469 e. The molecule has 0 unspecified atom stereocenters. The number of furan rings is 1. The van der Waals surface area contributed by atoms with E-state index in [9.17, 15) is 4.79 Å². The molecule has 0 spiro atoms. The van der Waals surface area contributed by atoms with Gasteiger partial charge in [0.2, 0.25) is 0 Å². The number of amides is 2. The van der Waals surface area contributed by atoms with E-state index >= 15 is 0 Å². The summed E-state index contributed by atoms with van der Waals surface area (Å²) in [6.45, 7) is 1.92. The van der Waals surface area contributed by atoms with Crippen molar-refractivity contribution in [1.82, 2.24) is 10.3 Å². The molecule has 1 atom stereocenters. The normalized spacial score (nSPS) is 11.8. The lowest BCUT2D eigenvalue weighted by atomic mass is 10.2. The van der Waals surface area contributed by atoms with Crippen molar-refractivity contribution in [2.24, 2.45) is 0 Å². The summed E-state index contributed by atoms with van der Waals surface area (Å²) in [6.07, 6.45) is 5.53. The van der Waals surface area contributed by atoms with Crippen molar-refractivity contribution in [3.8, 4) is 0 Å². The van der Waals surface area contributed by atoms with E-state index in [1.807, 2.05) is 19.1 Å². The van der Waals surface area contributed by atoms with Gasteiger partial charge in [0.25, 0.3) is 0 Å². The number of aromatic nitrogens is 1. The summed E-state index contributed by atoms with van der Waals surface area (Å²) in [5, 5.41) is 5.54. The van der Waals surface area contributed by atoms with Crippen molar-refractivity contribution in [2.75, 3.05) is 5.32 Å². The molecular formula is C13H15N3O2. The van der Waals surface area contributed by atoms with Crippen molar-refractivity contribution < 1.29 is 9.21 Å². The molecule has 2 rings (SSSR count). The lowest BCUT2D eigenvalue weighted by Crippen LogP contribution is -2.37. The molecule has 0 aliphatic rings. The first-order valence-electron chi connectivity index (χ1n) is 5.74. The first-order chi connectivity index (χ1) is 8.74. The minimum absolute atomic E-state index is 0.00665. The molecule has 0 saturated carbocycles. The minimum Gasteiger partial charge on any atom is -0.469 e. The van der Waals surface area contributed by atoms with Gasteiger partial charge in [-0.1, -0.05) is 0 Å². The molecular weight excluding hydrogens is 230 g/mol. The molecule has 5 nitrogen and oxygen atoms in total. The summed E-state index contributed by atoms with van der Waals surface area (Å²) in [5.41, 5.74) is 0.667. The highest BCUT2D eigenvalue weighted by atomic mass is 16.3. The molecule has 0 aromatic carbocycles. The maximum atomic E-state index is 11.7. The third-order valence-electron chi connectivity index (χ3n) is 2.38. The van der Waals surface area contributed by atoms with E-state index in [0.29, 0.717) is 12.1 Å². The monoisotopic (exact) mass is 245 g/mol. The van der Waals surface area contributed by atoms with Crippen LogP contribution in [-0.4, -0.2) is 17.1 Å². The SMILES string of the molecule is C[C@H](Cc1ccco1)NC(=O)Nc1cccnc1.